The van der Waals surface area contributed by atoms with Crippen LogP contribution < -0.4 is 5.32 Å². The first-order valence-corrected chi connectivity index (χ1v) is 9.63. The Hall–Kier alpha value is -2.68. The summed E-state index contributed by atoms with van der Waals surface area (Å²) in [5.74, 6) is -0.666. The molecule has 27 heavy (non-hydrogen) atoms. The van der Waals surface area contributed by atoms with Crippen molar-refractivity contribution in [2.75, 3.05) is 12.9 Å². The third kappa shape index (κ3) is 4.19. The van der Waals surface area contributed by atoms with Crippen molar-refractivity contribution in [3.8, 4) is 0 Å². The summed E-state index contributed by atoms with van der Waals surface area (Å²) >= 11 is 1.17. The van der Waals surface area contributed by atoms with Gasteiger partial charge in [0.2, 0.25) is 11.1 Å². The minimum atomic E-state index is -0.664. The number of methoxy groups -OCH3 is 1. The molecular formula is C18H21N5O3S. The second-order valence-electron chi connectivity index (χ2n) is 6.20. The highest BCUT2D eigenvalue weighted by atomic mass is 32.2. The Kier molecular flexibility index (Phi) is 5.90. The first kappa shape index (κ1) is 19.1. The Labute approximate surface area is 160 Å². The molecule has 0 aliphatic carbocycles. The van der Waals surface area contributed by atoms with Crippen LogP contribution in [0.3, 0.4) is 0 Å². The zero-order valence-corrected chi connectivity index (χ0v) is 16.2. The molecule has 2 atom stereocenters. The van der Waals surface area contributed by atoms with Gasteiger partial charge in [-0.05, 0) is 12.0 Å². The average Bonchev–Trinajstić information content (AvgIpc) is 3.07. The van der Waals surface area contributed by atoms with Crippen LogP contribution in [0.1, 0.15) is 20.3 Å². The number of hydrogen-bond donors (Lipinski definition) is 2. The predicted molar refractivity (Wildman–Crippen MR) is 103 cm³/mol. The van der Waals surface area contributed by atoms with E-state index < -0.39 is 12.0 Å². The van der Waals surface area contributed by atoms with Crippen LogP contribution in [0.25, 0.3) is 22.1 Å². The van der Waals surface area contributed by atoms with Crippen molar-refractivity contribution >= 4 is 45.7 Å². The van der Waals surface area contributed by atoms with E-state index in [0.29, 0.717) is 16.3 Å². The second kappa shape index (κ2) is 8.34. The van der Waals surface area contributed by atoms with Gasteiger partial charge < -0.3 is 15.0 Å². The lowest BCUT2D eigenvalue weighted by Gasteiger charge is -2.21. The summed E-state index contributed by atoms with van der Waals surface area (Å²) < 4.78 is 4.78. The molecule has 1 amide bonds. The number of ether oxygens (including phenoxy) is 1. The third-order valence-corrected chi connectivity index (χ3v) is 5.26. The van der Waals surface area contributed by atoms with Gasteiger partial charge in [-0.15, -0.1) is 10.2 Å². The number of esters is 1. The van der Waals surface area contributed by atoms with Gasteiger partial charge in [-0.1, -0.05) is 50.2 Å². The van der Waals surface area contributed by atoms with Crippen LogP contribution in [0, 0.1) is 5.92 Å². The molecule has 0 unspecified atom stereocenters. The number of para-hydroxylation sites is 1. The second-order valence-corrected chi connectivity index (χ2v) is 7.15. The van der Waals surface area contributed by atoms with Crippen molar-refractivity contribution in [2.24, 2.45) is 5.92 Å². The van der Waals surface area contributed by atoms with Crippen molar-refractivity contribution in [1.29, 1.82) is 0 Å². The van der Waals surface area contributed by atoms with Gasteiger partial charge in [-0.25, -0.2) is 9.78 Å². The minimum absolute atomic E-state index is 0.0213. The Bertz CT molecular complexity index is 974. The van der Waals surface area contributed by atoms with E-state index in [2.05, 4.69) is 25.5 Å². The fourth-order valence-corrected chi connectivity index (χ4v) is 3.31. The summed E-state index contributed by atoms with van der Waals surface area (Å²) in [4.78, 5) is 31.7. The van der Waals surface area contributed by atoms with E-state index in [-0.39, 0.29) is 17.6 Å². The molecule has 0 aliphatic heterocycles. The molecule has 0 spiro atoms. The molecule has 142 valence electrons. The predicted octanol–water partition coefficient (Wildman–Crippen LogP) is 2.30. The quantitative estimate of drug-likeness (QED) is 0.473. The fourth-order valence-electron chi connectivity index (χ4n) is 2.71. The molecule has 2 N–H and O–H groups in total. The van der Waals surface area contributed by atoms with E-state index in [1.165, 1.54) is 18.9 Å². The van der Waals surface area contributed by atoms with E-state index in [1.807, 2.05) is 38.1 Å². The smallest absolute Gasteiger partial charge is 0.328 e. The average molecular weight is 387 g/mol. The number of benzene rings is 1. The number of aromatic amines is 1. The summed E-state index contributed by atoms with van der Waals surface area (Å²) in [5.41, 5.74) is 2.26. The van der Waals surface area contributed by atoms with Gasteiger partial charge in [0.15, 0.2) is 5.65 Å². The summed E-state index contributed by atoms with van der Waals surface area (Å²) in [6.07, 6.45) is 0.747. The van der Waals surface area contributed by atoms with Crippen LogP contribution in [0.2, 0.25) is 0 Å². The molecule has 0 saturated heterocycles. The van der Waals surface area contributed by atoms with Crippen LogP contribution in [0.4, 0.5) is 0 Å². The van der Waals surface area contributed by atoms with Crippen molar-refractivity contribution < 1.29 is 14.3 Å². The first-order valence-electron chi connectivity index (χ1n) is 8.64. The van der Waals surface area contributed by atoms with E-state index in [9.17, 15) is 9.59 Å². The Morgan fingerprint density at radius 3 is 2.81 bits per heavy atom. The molecule has 2 aromatic heterocycles. The molecule has 8 nitrogen and oxygen atoms in total. The maximum Gasteiger partial charge on any atom is 0.328 e. The van der Waals surface area contributed by atoms with Crippen LogP contribution in [0.5, 0.6) is 0 Å². The Morgan fingerprint density at radius 2 is 2.07 bits per heavy atom. The zero-order valence-electron chi connectivity index (χ0n) is 15.4. The maximum absolute atomic E-state index is 12.2. The highest BCUT2D eigenvalue weighted by molar-refractivity contribution is 7.99. The molecule has 0 bridgehead atoms. The van der Waals surface area contributed by atoms with E-state index >= 15 is 0 Å². The zero-order chi connectivity index (χ0) is 19.4. The van der Waals surface area contributed by atoms with Crippen molar-refractivity contribution in [3.63, 3.8) is 0 Å². The molecule has 1 aromatic carbocycles. The number of carbonyl (C=O) groups is 2. The normalized spacial score (nSPS) is 13.4. The summed E-state index contributed by atoms with van der Waals surface area (Å²) in [6, 6.07) is 7.09. The summed E-state index contributed by atoms with van der Waals surface area (Å²) in [5, 5.41) is 12.4. The molecule has 0 aliphatic rings. The van der Waals surface area contributed by atoms with E-state index in [4.69, 9.17) is 4.74 Å². The Morgan fingerprint density at radius 1 is 1.30 bits per heavy atom. The third-order valence-electron chi connectivity index (χ3n) is 4.42. The van der Waals surface area contributed by atoms with Crippen LogP contribution in [-0.2, 0) is 14.3 Å². The molecular weight excluding hydrogens is 366 g/mol. The number of aromatic nitrogens is 4. The number of thioether (sulfide) groups is 1. The van der Waals surface area contributed by atoms with Gasteiger partial charge in [-0.3, -0.25) is 4.79 Å². The largest absolute Gasteiger partial charge is 0.467 e. The number of H-pyrrole nitrogens is 1. The number of nitrogens with zero attached hydrogens (tertiary/aromatic N) is 3. The number of amides is 1. The molecule has 2 heterocycles. The number of fused-ring (bicyclic) bond motifs is 3. The lowest BCUT2D eigenvalue weighted by molar-refractivity contribution is -0.146. The topological polar surface area (TPSA) is 110 Å². The van der Waals surface area contributed by atoms with Gasteiger partial charge in [0, 0.05) is 10.9 Å². The van der Waals surface area contributed by atoms with Crippen molar-refractivity contribution in [2.45, 2.75) is 31.5 Å². The molecule has 0 radical (unpaired) electrons. The van der Waals surface area contributed by atoms with Gasteiger partial charge in [0.05, 0.1) is 12.9 Å². The summed E-state index contributed by atoms with van der Waals surface area (Å²) in [6.45, 7) is 3.85. The highest BCUT2D eigenvalue weighted by Gasteiger charge is 2.26. The van der Waals surface area contributed by atoms with Gasteiger partial charge in [-0.2, -0.15) is 0 Å². The maximum atomic E-state index is 12.2. The van der Waals surface area contributed by atoms with Crippen molar-refractivity contribution in [3.05, 3.63) is 24.3 Å². The highest BCUT2D eigenvalue weighted by Crippen LogP contribution is 2.23. The van der Waals surface area contributed by atoms with Crippen LogP contribution in [-0.4, -0.2) is 50.9 Å². The molecule has 3 aromatic rings. The number of nitrogens with one attached hydrogen (secondary N) is 2. The molecule has 0 fully saturated rings. The number of carbonyl (C=O) groups excluding carboxylic acids is 2. The lowest BCUT2D eigenvalue weighted by Crippen LogP contribution is -2.46. The Balaban J connectivity index is 1.67. The van der Waals surface area contributed by atoms with E-state index in [0.717, 1.165) is 17.3 Å². The molecule has 9 heteroatoms. The van der Waals surface area contributed by atoms with Gasteiger partial charge in [0.1, 0.15) is 11.6 Å². The van der Waals surface area contributed by atoms with E-state index in [1.54, 1.807) is 0 Å². The standard InChI is InChI=1S/C18H21N5O3S/c1-4-10(2)14(17(25)26-3)20-13(24)9-27-18-21-16-15(22-23-18)11-7-5-6-8-12(11)19-16/h5-8,10,14H,4,9H2,1-3H3,(H,20,24)(H,19,21,23)/t10-,14-/m1/s1. The monoisotopic (exact) mass is 387 g/mol. The SMILES string of the molecule is CC[C@@H](C)[C@@H](NC(=O)CSc1nnc2c(n1)[nH]c1ccccc12)C(=O)OC. The van der Waals surface area contributed by atoms with Crippen LogP contribution in [0.15, 0.2) is 29.4 Å². The lowest BCUT2D eigenvalue weighted by atomic mass is 9.99. The number of hydrogen-bond acceptors (Lipinski definition) is 7. The molecule has 0 saturated carbocycles. The van der Waals surface area contributed by atoms with Crippen LogP contribution >= 0.6 is 11.8 Å². The first-order chi connectivity index (χ1) is 13.0. The van der Waals surface area contributed by atoms with Crippen molar-refractivity contribution in [1.82, 2.24) is 25.5 Å². The van der Waals surface area contributed by atoms with Gasteiger partial charge in [0.25, 0.3) is 0 Å². The minimum Gasteiger partial charge on any atom is -0.467 e. The number of rotatable bonds is 7. The molecule has 3 rings (SSSR count). The van der Waals surface area contributed by atoms with Gasteiger partial charge >= 0.3 is 5.97 Å². The fraction of sp³-hybridized carbons (Fsp3) is 0.389. The summed E-state index contributed by atoms with van der Waals surface area (Å²) in [7, 11) is 1.31.